The molecule has 0 amide bonds. The van der Waals surface area contributed by atoms with Crippen LogP contribution in [0.5, 0.6) is 11.5 Å². The van der Waals surface area contributed by atoms with Crippen LogP contribution < -0.4 is 20.3 Å². The Morgan fingerprint density at radius 2 is 1.39 bits per heavy atom. The van der Waals surface area contributed by atoms with E-state index < -0.39 is 22.7 Å². The van der Waals surface area contributed by atoms with Crippen molar-refractivity contribution in [1.29, 1.82) is 0 Å². The molecule has 1 atom stereocenters. The lowest BCUT2D eigenvalue weighted by molar-refractivity contribution is 0.0635. The first-order valence-corrected chi connectivity index (χ1v) is 11.6. The van der Waals surface area contributed by atoms with Crippen LogP contribution in [-0.2, 0) is 4.74 Å². The van der Waals surface area contributed by atoms with Crippen LogP contribution in [0.1, 0.15) is 28.0 Å². The van der Waals surface area contributed by atoms with Crippen molar-refractivity contribution in [2.24, 2.45) is 0 Å². The van der Waals surface area contributed by atoms with Crippen molar-refractivity contribution in [3.63, 3.8) is 0 Å². The quantitative estimate of drug-likeness (QED) is 0.206. The molecule has 0 aliphatic heterocycles. The van der Waals surface area contributed by atoms with E-state index in [-0.39, 0.29) is 83.8 Å². The van der Waals surface area contributed by atoms with Crippen LogP contribution in [-0.4, -0.2) is 60.9 Å². The summed E-state index contributed by atoms with van der Waals surface area (Å²) in [6.07, 6.45) is -1.15. The van der Waals surface area contributed by atoms with Crippen molar-refractivity contribution in [1.82, 2.24) is 0 Å². The number of carbonyl (C=O) groups is 2. The lowest BCUT2D eigenvalue weighted by atomic mass is 10.2. The van der Waals surface area contributed by atoms with Gasteiger partial charge in [0.15, 0.2) is 28.2 Å². The summed E-state index contributed by atoms with van der Waals surface area (Å²) in [5.41, 5.74) is -0.700. The molecule has 0 bridgehead atoms. The second-order valence-corrected chi connectivity index (χ2v) is 8.24. The average Bonchev–Trinajstić information content (AvgIpc) is 2.90. The summed E-state index contributed by atoms with van der Waals surface area (Å²) in [5.74, 6) is -0.915. The number of Topliss-reactive ketones (excluding diaryl/α,β-unsaturated/α-hetero) is 2. The Bertz CT molecular complexity index is 1600. The molecule has 0 saturated carbocycles. The molecule has 0 radical (unpaired) electrons. The molecule has 4 rings (SSSR count). The van der Waals surface area contributed by atoms with E-state index in [4.69, 9.17) is 28.2 Å². The third kappa shape index (κ3) is 5.97. The maximum Gasteiger partial charge on any atom is 0.223 e. The second kappa shape index (κ2) is 11.8. The lowest BCUT2D eigenvalue weighted by Gasteiger charge is -2.15. The van der Waals surface area contributed by atoms with Gasteiger partial charge in [0, 0.05) is 19.1 Å². The molecular weight excluding hydrogens is 500 g/mol. The molecular formula is C27H24O11. The maximum atomic E-state index is 12.7. The van der Waals surface area contributed by atoms with Gasteiger partial charge in [0.2, 0.25) is 5.78 Å². The molecule has 4 aromatic rings. The first kappa shape index (κ1) is 26.7. The van der Waals surface area contributed by atoms with Crippen LogP contribution in [0.2, 0.25) is 0 Å². The number of aliphatic hydroxyl groups is 2. The molecule has 2 aromatic carbocycles. The smallest absolute Gasteiger partial charge is 0.223 e. The van der Waals surface area contributed by atoms with Crippen LogP contribution in [0.25, 0.3) is 21.9 Å². The molecule has 0 saturated heterocycles. The minimum atomic E-state index is -1.15. The molecule has 38 heavy (non-hydrogen) atoms. The van der Waals surface area contributed by atoms with Crippen LogP contribution in [0.4, 0.5) is 0 Å². The fraction of sp³-hybridized carbons (Fsp3) is 0.259. The van der Waals surface area contributed by atoms with Gasteiger partial charge in [-0.05, 0) is 24.3 Å². The Morgan fingerprint density at radius 1 is 0.868 bits per heavy atom. The highest BCUT2D eigenvalue weighted by molar-refractivity contribution is 5.96. The number of hydrogen-bond donors (Lipinski definition) is 2. The second-order valence-electron chi connectivity index (χ2n) is 8.24. The van der Waals surface area contributed by atoms with Gasteiger partial charge in [0.05, 0.1) is 13.2 Å². The number of fused-ring (bicyclic) bond motifs is 2. The molecule has 2 aromatic heterocycles. The number of benzene rings is 2. The zero-order valence-corrected chi connectivity index (χ0v) is 20.3. The number of ether oxygens (including phenoxy) is 3. The standard InChI is InChI=1S/C27H24O11/c1-15(29)24-10-17(31)26-20(4-2-6-22(26)37-24)35-12-16(30)13-36-21-5-3-7-23-27(21)18(32)11-25(38-23)19(33)14-34-9-8-28/h2-7,10-11,16,28,30H,8-9,12-14H2,1H3. The van der Waals surface area contributed by atoms with Crippen molar-refractivity contribution in [3.8, 4) is 11.5 Å². The largest absolute Gasteiger partial charge is 0.490 e. The Hall–Kier alpha value is -4.32. The molecule has 11 nitrogen and oxygen atoms in total. The van der Waals surface area contributed by atoms with E-state index in [0.29, 0.717) is 0 Å². The summed E-state index contributed by atoms with van der Waals surface area (Å²) in [7, 11) is 0. The van der Waals surface area contributed by atoms with Crippen LogP contribution in [0, 0.1) is 0 Å². The Morgan fingerprint density at radius 3 is 1.92 bits per heavy atom. The number of carbonyl (C=O) groups excluding carboxylic acids is 2. The Labute approximate surface area is 214 Å². The Balaban J connectivity index is 1.45. The van der Waals surface area contributed by atoms with Gasteiger partial charge in [-0.15, -0.1) is 0 Å². The van der Waals surface area contributed by atoms with Crippen molar-refractivity contribution in [2.45, 2.75) is 13.0 Å². The monoisotopic (exact) mass is 524 g/mol. The average molecular weight is 524 g/mol. The van der Waals surface area contributed by atoms with Gasteiger partial charge in [0.25, 0.3) is 0 Å². The van der Waals surface area contributed by atoms with Crippen LogP contribution >= 0.6 is 0 Å². The van der Waals surface area contributed by atoms with Gasteiger partial charge in [-0.2, -0.15) is 0 Å². The molecule has 2 heterocycles. The van der Waals surface area contributed by atoms with Gasteiger partial charge in [0.1, 0.15) is 59.4 Å². The highest BCUT2D eigenvalue weighted by Gasteiger charge is 2.17. The van der Waals surface area contributed by atoms with E-state index in [9.17, 15) is 24.3 Å². The number of rotatable bonds is 12. The summed E-state index contributed by atoms with van der Waals surface area (Å²) in [6, 6.07) is 11.3. The van der Waals surface area contributed by atoms with E-state index in [1.807, 2.05) is 0 Å². The van der Waals surface area contributed by atoms with E-state index in [1.165, 1.54) is 31.2 Å². The minimum Gasteiger partial charge on any atom is -0.490 e. The molecule has 2 N–H and O–H groups in total. The highest BCUT2D eigenvalue weighted by Crippen LogP contribution is 2.25. The van der Waals surface area contributed by atoms with Crippen molar-refractivity contribution < 1.29 is 42.8 Å². The van der Waals surface area contributed by atoms with Gasteiger partial charge in [-0.3, -0.25) is 19.2 Å². The zero-order chi connectivity index (χ0) is 27.2. The minimum absolute atomic E-state index is 0.0255. The summed E-state index contributed by atoms with van der Waals surface area (Å²) >= 11 is 0. The zero-order valence-electron chi connectivity index (χ0n) is 20.3. The topological polar surface area (TPSA) is 163 Å². The molecule has 0 spiro atoms. The van der Waals surface area contributed by atoms with Crippen molar-refractivity contribution in [2.75, 3.05) is 33.0 Å². The number of aliphatic hydroxyl groups excluding tert-OH is 2. The third-order valence-corrected chi connectivity index (χ3v) is 5.39. The SMILES string of the molecule is CC(=O)c1cc(=O)c2c(OCC(O)COc3cccc4oc(C(=O)COCCO)cc(=O)c34)cccc2o1. The van der Waals surface area contributed by atoms with Crippen LogP contribution in [0.15, 0.2) is 67.0 Å². The van der Waals surface area contributed by atoms with E-state index in [2.05, 4.69) is 0 Å². The molecule has 0 fully saturated rings. The molecule has 0 aliphatic carbocycles. The fourth-order valence-electron chi connectivity index (χ4n) is 3.63. The Kier molecular flexibility index (Phi) is 8.31. The first-order chi connectivity index (χ1) is 18.3. The predicted octanol–water partition coefficient (Wildman–Crippen LogP) is 2.11. The number of ketones is 2. The van der Waals surface area contributed by atoms with Gasteiger partial charge >= 0.3 is 0 Å². The predicted molar refractivity (Wildman–Crippen MR) is 134 cm³/mol. The highest BCUT2D eigenvalue weighted by atomic mass is 16.5. The molecule has 0 aliphatic rings. The van der Waals surface area contributed by atoms with Crippen LogP contribution in [0.3, 0.4) is 0 Å². The molecule has 11 heteroatoms. The third-order valence-electron chi connectivity index (χ3n) is 5.39. The fourth-order valence-corrected chi connectivity index (χ4v) is 3.63. The van der Waals surface area contributed by atoms with E-state index in [1.54, 1.807) is 12.1 Å². The molecule has 198 valence electrons. The van der Waals surface area contributed by atoms with Gasteiger partial charge < -0.3 is 33.3 Å². The summed E-state index contributed by atoms with van der Waals surface area (Å²) < 4.78 is 27.2. The maximum absolute atomic E-state index is 12.7. The van der Waals surface area contributed by atoms with E-state index >= 15 is 0 Å². The summed E-state index contributed by atoms with van der Waals surface area (Å²) in [4.78, 5) is 49.0. The summed E-state index contributed by atoms with van der Waals surface area (Å²) in [6.45, 7) is 0.151. The van der Waals surface area contributed by atoms with E-state index in [0.717, 1.165) is 12.1 Å². The van der Waals surface area contributed by atoms with Gasteiger partial charge in [-0.1, -0.05) is 12.1 Å². The first-order valence-electron chi connectivity index (χ1n) is 11.6. The molecule has 1 unspecified atom stereocenters. The normalized spacial score (nSPS) is 12.0. The number of hydrogen-bond acceptors (Lipinski definition) is 11. The summed E-state index contributed by atoms with van der Waals surface area (Å²) in [5, 5.41) is 19.4. The van der Waals surface area contributed by atoms with Crippen molar-refractivity contribution in [3.05, 3.63) is 80.5 Å². The van der Waals surface area contributed by atoms with Crippen molar-refractivity contribution >= 4 is 33.5 Å². The van der Waals surface area contributed by atoms with Gasteiger partial charge in [-0.25, -0.2) is 0 Å². The lowest BCUT2D eigenvalue weighted by Crippen LogP contribution is -2.25.